The summed E-state index contributed by atoms with van der Waals surface area (Å²) in [6.07, 6.45) is 0.0385. The van der Waals surface area contributed by atoms with E-state index in [1.54, 1.807) is 24.3 Å². The van der Waals surface area contributed by atoms with Crippen LogP contribution in [-0.4, -0.2) is 25.0 Å². The van der Waals surface area contributed by atoms with Crippen molar-refractivity contribution in [3.05, 3.63) is 57.8 Å². The van der Waals surface area contributed by atoms with Gasteiger partial charge in [-0.1, -0.05) is 18.2 Å². The normalized spacial score (nSPS) is 11.4. The third-order valence-electron chi connectivity index (χ3n) is 3.38. The number of rotatable bonds is 7. The molecule has 0 aliphatic carbocycles. The average molecular weight is 361 g/mol. The molecule has 0 fully saturated rings. The Morgan fingerprint density at radius 2 is 2.00 bits per heavy atom. The first kappa shape index (κ1) is 18.7. The van der Waals surface area contributed by atoms with Crippen molar-refractivity contribution in [1.82, 2.24) is 5.32 Å². The second-order valence-electron chi connectivity index (χ2n) is 5.33. The van der Waals surface area contributed by atoms with Crippen LogP contribution in [0.5, 0.6) is 0 Å². The van der Waals surface area contributed by atoms with E-state index in [1.165, 1.54) is 25.4 Å². The van der Waals surface area contributed by atoms with Gasteiger partial charge < -0.3 is 14.8 Å². The molecule has 1 aromatic heterocycles. The molecule has 0 saturated carbocycles. The molecular formula is C18H19NO5S. The number of hydrogen-bond donors (Lipinski definition) is 1. The molecule has 0 bridgehead atoms. The second kappa shape index (κ2) is 8.98. The number of carbonyl (C=O) groups excluding carboxylic acids is 3. The van der Waals surface area contributed by atoms with Gasteiger partial charge in [0.25, 0.3) is 0 Å². The van der Waals surface area contributed by atoms with E-state index >= 15 is 0 Å². The van der Waals surface area contributed by atoms with E-state index in [2.05, 4.69) is 10.1 Å². The van der Waals surface area contributed by atoms with E-state index in [9.17, 15) is 14.4 Å². The van der Waals surface area contributed by atoms with E-state index in [1.807, 2.05) is 17.5 Å². The topological polar surface area (TPSA) is 81.7 Å². The number of carbonyl (C=O) groups is 3. The third kappa shape index (κ3) is 5.72. The van der Waals surface area contributed by atoms with Gasteiger partial charge in [0.1, 0.15) is 6.61 Å². The number of benzene rings is 1. The maximum Gasteiger partial charge on any atom is 0.337 e. The van der Waals surface area contributed by atoms with Crippen LogP contribution in [0.1, 0.15) is 40.2 Å². The van der Waals surface area contributed by atoms with Gasteiger partial charge in [0.2, 0.25) is 5.91 Å². The van der Waals surface area contributed by atoms with E-state index in [4.69, 9.17) is 4.74 Å². The summed E-state index contributed by atoms with van der Waals surface area (Å²) in [5.41, 5.74) is 1.08. The predicted molar refractivity (Wildman–Crippen MR) is 93.1 cm³/mol. The fourth-order valence-electron chi connectivity index (χ4n) is 2.25. The van der Waals surface area contributed by atoms with Crippen molar-refractivity contribution in [3.63, 3.8) is 0 Å². The molecule has 2 rings (SSSR count). The summed E-state index contributed by atoms with van der Waals surface area (Å²) >= 11 is 1.46. The van der Waals surface area contributed by atoms with Crippen molar-refractivity contribution in [2.45, 2.75) is 26.0 Å². The minimum Gasteiger partial charge on any atom is -0.465 e. The fourth-order valence-corrected chi connectivity index (χ4v) is 3.03. The van der Waals surface area contributed by atoms with Gasteiger partial charge >= 0.3 is 11.9 Å². The first-order valence-electron chi connectivity index (χ1n) is 7.63. The first-order chi connectivity index (χ1) is 12.0. The Morgan fingerprint density at radius 1 is 1.20 bits per heavy atom. The van der Waals surface area contributed by atoms with E-state index < -0.39 is 18.0 Å². The Morgan fingerprint density at radius 3 is 2.64 bits per heavy atom. The number of nitrogens with one attached hydrogen (secondary N) is 1. The van der Waals surface area contributed by atoms with Gasteiger partial charge in [-0.15, -0.1) is 11.3 Å². The van der Waals surface area contributed by atoms with Gasteiger partial charge in [0.05, 0.1) is 25.1 Å². The zero-order valence-electron chi connectivity index (χ0n) is 14.0. The average Bonchev–Trinajstić information content (AvgIpc) is 3.13. The zero-order chi connectivity index (χ0) is 18.2. The summed E-state index contributed by atoms with van der Waals surface area (Å²) in [7, 11) is 1.31. The SMILES string of the molecule is COC(=O)c1cccc(COC(=O)CC(NC(C)=O)c2cccs2)c1. The highest BCUT2D eigenvalue weighted by Crippen LogP contribution is 2.22. The molecule has 0 saturated heterocycles. The Hall–Kier alpha value is -2.67. The van der Waals surface area contributed by atoms with Gasteiger partial charge in [0, 0.05) is 11.8 Å². The van der Waals surface area contributed by atoms with Crippen molar-refractivity contribution in [1.29, 1.82) is 0 Å². The van der Waals surface area contributed by atoms with Crippen LogP contribution in [0.25, 0.3) is 0 Å². The summed E-state index contributed by atoms with van der Waals surface area (Å²) in [4.78, 5) is 35.9. The summed E-state index contributed by atoms with van der Waals surface area (Å²) in [5.74, 6) is -1.09. The van der Waals surface area contributed by atoms with Crippen molar-refractivity contribution < 1.29 is 23.9 Å². The molecule has 0 radical (unpaired) electrons. The molecule has 132 valence electrons. The molecule has 0 aliphatic heterocycles. The van der Waals surface area contributed by atoms with Gasteiger partial charge in [-0.05, 0) is 29.1 Å². The highest BCUT2D eigenvalue weighted by atomic mass is 32.1. The molecule has 1 atom stereocenters. The highest BCUT2D eigenvalue weighted by molar-refractivity contribution is 7.10. The number of thiophene rings is 1. The maximum absolute atomic E-state index is 12.1. The molecule has 25 heavy (non-hydrogen) atoms. The number of amides is 1. The molecule has 1 amide bonds. The first-order valence-corrected chi connectivity index (χ1v) is 8.51. The molecule has 1 aromatic carbocycles. The standard InChI is InChI=1S/C18H19NO5S/c1-12(20)19-15(16-7-4-8-25-16)10-17(21)24-11-13-5-3-6-14(9-13)18(22)23-2/h3-9,15H,10-11H2,1-2H3,(H,19,20). The van der Waals surface area contributed by atoms with Crippen LogP contribution in [-0.2, 0) is 25.7 Å². The predicted octanol–water partition coefficient (Wildman–Crippen LogP) is 2.85. The second-order valence-corrected chi connectivity index (χ2v) is 6.30. The molecular weight excluding hydrogens is 342 g/mol. The Kier molecular flexibility index (Phi) is 6.71. The van der Waals surface area contributed by atoms with E-state index in [-0.39, 0.29) is 18.9 Å². The summed E-state index contributed by atoms with van der Waals surface area (Å²) in [6, 6.07) is 10.00. The fraction of sp³-hybridized carbons (Fsp3) is 0.278. The number of ether oxygens (including phenoxy) is 2. The quantitative estimate of drug-likeness (QED) is 0.767. The van der Waals surface area contributed by atoms with Gasteiger partial charge in [-0.25, -0.2) is 4.79 Å². The maximum atomic E-state index is 12.1. The summed E-state index contributed by atoms with van der Waals surface area (Å²) in [5, 5.41) is 4.64. The molecule has 0 spiro atoms. The number of esters is 2. The van der Waals surface area contributed by atoms with Crippen LogP contribution in [0, 0.1) is 0 Å². The Labute approximate surface area is 149 Å². The number of methoxy groups -OCH3 is 1. The van der Waals surface area contributed by atoms with Crippen molar-refractivity contribution in [2.75, 3.05) is 7.11 Å². The van der Waals surface area contributed by atoms with Gasteiger partial charge in [-0.3, -0.25) is 9.59 Å². The van der Waals surface area contributed by atoms with Crippen molar-refractivity contribution in [2.24, 2.45) is 0 Å². The van der Waals surface area contributed by atoms with Crippen LogP contribution < -0.4 is 5.32 Å². The van der Waals surface area contributed by atoms with Crippen molar-refractivity contribution in [3.8, 4) is 0 Å². The lowest BCUT2D eigenvalue weighted by atomic mass is 10.1. The third-order valence-corrected chi connectivity index (χ3v) is 4.37. The van der Waals surface area contributed by atoms with Crippen LogP contribution in [0.2, 0.25) is 0 Å². The molecule has 1 heterocycles. The zero-order valence-corrected chi connectivity index (χ0v) is 14.8. The lowest BCUT2D eigenvalue weighted by Gasteiger charge is -2.15. The summed E-state index contributed by atoms with van der Waals surface area (Å²) < 4.78 is 9.93. The molecule has 6 nitrogen and oxygen atoms in total. The minimum atomic E-state index is -0.448. The largest absolute Gasteiger partial charge is 0.465 e. The Balaban J connectivity index is 1.95. The van der Waals surface area contributed by atoms with Crippen LogP contribution in [0.15, 0.2) is 41.8 Å². The van der Waals surface area contributed by atoms with Crippen molar-refractivity contribution >= 4 is 29.2 Å². The Bertz CT molecular complexity index is 742. The molecule has 1 unspecified atom stereocenters. The number of hydrogen-bond acceptors (Lipinski definition) is 6. The molecule has 7 heteroatoms. The molecule has 0 aliphatic rings. The van der Waals surface area contributed by atoms with E-state index in [0.717, 1.165) is 4.88 Å². The molecule has 1 N–H and O–H groups in total. The smallest absolute Gasteiger partial charge is 0.337 e. The van der Waals surface area contributed by atoms with Crippen LogP contribution in [0.4, 0.5) is 0 Å². The lowest BCUT2D eigenvalue weighted by molar-refractivity contribution is -0.145. The summed E-state index contributed by atoms with van der Waals surface area (Å²) in [6.45, 7) is 1.45. The van der Waals surface area contributed by atoms with E-state index in [0.29, 0.717) is 11.1 Å². The van der Waals surface area contributed by atoms with Crippen LogP contribution >= 0.6 is 11.3 Å². The monoisotopic (exact) mass is 361 g/mol. The van der Waals surface area contributed by atoms with Crippen LogP contribution in [0.3, 0.4) is 0 Å². The lowest BCUT2D eigenvalue weighted by Crippen LogP contribution is -2.28. The van der Waals surface area contributed by atoms with Gasteiger partial charge in [0.15, 0.2) is 0 Å². The van der Waals surface area contributed by atoms with Gasteiger partial charge in [-0.2, -0.15) is 0 Å². The minimum absolute atomic E-state index is 0.0385. The highest BCUT2D eigenvalue weighted by Gasteiger charge is 2.19. The molecule has 2 aromatic rings.